The van der Waals surface area contributed by atoms with Gasteiger partial charge in [0.05, 0.1) is 16.7 Å². The monoisotopic (exact) mass is 294 g/mol. The number of fused-ring (bicyclic) bond motifs is 1. The quantitative estimate of drug-likeness (QED) is 0.684. The van der Waals surface area contributed by atoms with Crippen molar-refractivity contribution in [3.63, 3.8) is 0 Å². The molecule has 0 spiro atoms. The zero-order valence-electron chi connectivity index (χ0n) is 11.6. The van der Waals surface area contributed by atoms with E-state index in [0.29, 0.717) is 0 Å². The van der Waals surface area contributed by atoms with Crippen molar-refractivity contribution in [2.45, 2.75) is 49.7 Å². The first kappa shape index (κ1) is 13.6. The van der Waals surface area contributed by atoms with Crippen LogP contribution in [0.5, 0.6) is 0 Å². The summed E-state index contributed by atoms with van der Waals surface area (Å²) in [6.45, 7) is 3.88. The minimum Gasteiger partial charge on any atom is -0.360 e. The molecule has 108 valence electrons. The molecule has 0 radical (unpaired) electrons. The van der Waals surface area contributed by atoms with Gasteiger partial charge in [-0.05, 0) is 45.2 Å². The molecule has 0 bridgehead atoms. The Bertz CT molecular complexity index is 652. The lowest BCUT2D eigenvalue weighted by molar-refractivity contribution is 0.353. The standard InChI is InChI=1S/C14H18N2O3S/c1-10-6-8-11(9-7-10)20(17,18)16-15-12-4-3-5-13-14(12,2)19-13/h6-9,13,16H,3-5H2,1-2H3/b15-12+/t13-,14+/m0/s1. The first-order valence-electron chi connectivity index (χ1n) is 6.75. The smallest absolute Gasteiger partial charge is 0.276 e. The van der Waals surface area contributed by atoms with E-state index in [1.54, 1.807) is 24.3 Å². The predicted molar refractivity (Wildman–Crippen MR) is 76.1 cm³/mol. The van der Waals surface area contributed by atoms with Gasteiger partial charge >= 0.3 is 0 Å². The Kier molecular flexibility index (Phi) is 3.10. The SMILES string of the molecule is Cc1ccc(S(=O)(=O)N/N=C2\CCC[C@@H]3O[C@]23C)cc1. The van der Waals surface area contributed by atoms with E-state index in [-0.39, 0.29) is 16.6 Å². The molecule has 1 heterocycles. The van der Waals surface area contributed by atoms with Gasteiger partial charge in [-0.15, -0.1) is 0 Å². The van der Waals surface area contributed by atoms with E-state index in [0.717, 1.165) is 30.5 Å². The lowest BCUT2D eigenvalue weighted by atomic mass is 9.89. The average molecular weight is 294 g/mol. The van der Waals surface area contributed by atoms with E-state index < -0.39 is 10.0 Å². The molecule has 1 aliphatic heterocycles. The highest BCUT2D eigenvalue weighted by molar-refractivity contribution is 7.89. The van der Waals surface area contributed by atoms with Crippen LogP contribution in [0, 0.1) is 6.92 Å². The topological polar surface area (TPSA) is 71.1 Å². The van der Waals surface area contributed by atoms with Crippen LogP contribution in [-0.2, 0) is 14.8 Å². The van der Waals surface area contributed by atoms with Crippen LogP contribution in [0.25, 0.3) is 0 Å². The zero-order valence-corrected chi connectivity index (χ0v) is 12.4. The normalized spacial score (nSPS) is 30.9. The minimum absolute atomic E-state index is 0.207. The molecule has 6 heteroatoms. The first-order valence-corrected chi connectivity index (χ1v) is 8.23. The van der Waals surface area contributed by atoms with E-state index in [1.807, 2.05) is 13.8 Å². The predicted octanol–water partition coefficient (Wildman–Crippen LogP) is 1.97. The molecule has 1 N–H and O–H groups in total. The second kappa shape index (κ2) is 4.56. The average Bonchev–Trinajstić information content (AvgIpc) is 3.09. The number of hydrogen-bond donors (Lipinski definition) is 1. The number of rotatable bonds is 3. The first-order chi connectivity index (χ1) is 9.42. The van der Waals surface area contributed by atoms with Crippen molar-refractivity contribution in [3.05, 3.63) is 29.8 Å². The van der Waals surface area contributed by atoms with Gasteiger partial charge in [0.25, 0.3) is 10.0 Å². The van der Waals surface area contributed by atoms with Gasteiger partial charge < -0.3 is 4.74 Å². The Hall–Kier alpha value is -1.40. The molecule has 1 aromatic rings. The summed E-state index contributed by atoms with van der Waals surface area (Å²) in [5.41, 5.74) is 1.46. The van der Waals surface area contributed by atoms with Crippen LogP contribution in [0.2, 0.25) is 0 Å². The van der Waals surface area contributed by atoms with E-state index >= 15 is 0 Å². The fourth-order valence-electron chi connectivity index (χ4n) is 2.61. The van der Waals surface area contributed by atoms with E-state index in [9.17, 15) is 8.42 Å². The van der Waals surface area contributed by atoms with E-state index in [2.05, 4.69) is 9.93 Å². The Balaban J connectivity index is 1.79. The van der Waals surface area contributed by atoms with Crippen LogP contribution >= 0.6 is 0 Å². The third-order valence-electron chi connectivity index (χ3n) is 4.03. The lowest BCUT2D eigenvalue weighted by Crippen LogP contribution is -2.31. The number of aryl methyl sites for hydroxylation is 1. The van der Waals surface area contributed by atoms with Crippen LogP contribution in [-0.4, -0.2) is 25.8 Å². The molecule has 5 nitrogen and oxygen atoms in total. The second-order valence-electron chi connectivity index (χ2n) is 5.57. The second-order valence-corrected chi connectivity index (χ2v) is 7.23. The third kappa shape index (κ3) is 2.33. The van der Waals surface area contributed by atoms with Gasteiger partial charge in [-0.3, -0.25) is 0 Å². The van der Waals surface area contributed by atoms with Gasteiger partial charge in [0, 0.05) is 0 Å². The summed E-state index contributed by atoms with van der Waals surface area (Å²) in [6.07, 6.45) is 3.01. The molecule has 1 saturated carbocycles. The summed E-state index contributed by atoms with van der Waals surface area (Å²) in [7, 11) is -3.60. The molecule has 0 unspecified atom stereocenters. The Morgan fingerprint density at radius 2 is 2.05 bits per heavy atom. The van der Waals surface area contributed by atoms with Crippen molar-refractivity contribution >= 4 is 15.7 Å². The lowest BCUT2D eigenvalue weighted by Gasteiger charge is -2.15. The summed E-state index contributed by atoms with van der Waals surface area (Å²) < 4.78 is 29.9. The number of ether oxygens (including phenoxy) is 1. The maximum Gasteiger partial charge on any atom is 0.276 e. The van der Waals surface area contributed by atoms with Gasteiger partial charge in [0.2, 0.25) is 0 Å². The molecule has 0 amide bonds. The van der Waals surface area contributed by atoms with Gasteiger partial charge in [-0.25, -0.2) is 4.83 Å². The van der Waals surface area contributed by atoms with E-state index in [4.69, 9.17) is 4.74 Å². The Morgan fingerprint density at radius 3 is 2.75 bits per heavy atom. The highest BCUT2D eigenvalue weighted by Crippen LogP contribution is 2.45. The summed E-state index contributed by atoms with van der Waals surface area (Å²) in [5, 5.41) is 4.10. The summed E-state index contributed by atoms with van der Waals surface area (Å²) in [6, 6.07) is 6.70. The van der Waals surface area contributed by atoms with Crippen LogP contribution in [0.4, 0.5) is 0 Å². The molecule has 2 atom stereocenters. The van der Waals surface area contributed by atoms with Crippen LogP contribution < -0.4 is 4.83 Å². The molecular weight excluding hydrogens is 276 g/mol. The van der Waals surface area contributed by atoms with Gasteiger partial charge in [-0.2, -0.15) is 13.5 Å². The third-order valence-corrected chi connectivity index (χ3v) is 5.25. The summed E-state index contributed by atoms with van der Waals surface area (Å²) >= 11 is 0. The molecule has 1 aromatic carbocycles. The minimum atomic E-state index is -3.60. The van der Waals surface area contributed by atoms with Crippen molar-refractivity contribution in [3.8, 4) is 0 Å². The van der Waals surface area contributed by atoms with Crippen LogP contribution in [0.15, 0.2) is 34.3 Å². The summed E-state index contributed by atoms with van der Waals surface area (Å²) in [5.74, 6) is 0. The van der Waals surface area contributed by atoms with Crippen molar-refractivity contribution in [2.24, 2.45) is 5.10 Å². The fourth-order valence-corrected chi connectivity index (χ4v) is 3.44. The Labute approximate surface area is 119 Å². The number of hydrazone groups is 1. The maximum absolute atomic E-state index is 12.2. The van der Waals surface area contributed by atoms with Gasteiger partial charge in [0.15, 0.2) is 0 Å². The van der Waals surface area contributed by atoms with Crippen molar-refractivity contribution < 1.29 is 13.2 Å². The van der Waals surface area contributed by atoms with Crippen molar-refractivity contribution in [1.29, 1.82) is 0 Å². The summed E-state index contributed by atoms with van der Waals surface area (Å²) in [4.78, 5) is 2.55. The highest BCUT2D eigenvalue weighted by atomic mass is 32.2. The van der Waals surface area contributed by atoms with Crippen LogP contribution in [0.1, 0.15) is 31.7 Å². The molecule has 3 rings (SSSR count). The largest absolute Gasteiger partial charge is 0.360 e. The maximum atomic E-state index is 12.2. The number of benzene rings is 1. The molecule has 1 saturated heterocycles. The number of nitrogens with one attached hydrogen (secondary N) is 1. The number of nitrogens with zero attached hydrogens (tertiary/aromatic N) is 1. The molecule has 2 aliphatic rings. The van der Waals surface area contributed by atoms with Gasteiger partial charge in [-0.1, -0.05) is 17.7 Å². The molecular formula is C14H18N2O3S. The highest BCUT2D eigenvalue weighted by Gasteiger charge is 2.57. The zero-order chi connectivity index (χ0) is 14.4. The van der Waals surface area contributed by atoms with Gasteiger partial charge in [0.1, 0.15) is 5.60 Å². The number of sulfonamides is 1. The molecule has 2 fully saturated rings. The Morgan fingerprint density at radius 1 is 1.35 bits per heavy atom. The molecule has 20 heavy (non-hydrogen) atoms. The number of epoxide rings is 1. The van der Waals surface area contributed by atoms with E-state index in [1.165, 1.54) is 0 Å². The number of hydrogen-bond acceptors (Lipinski definition) is 4. The molecule has 1 aliphatic carbocycles. The van der Waals surface area contributed by atoms with Crippen molar-refractivity contribution in [2.75, 3.05) is 0 Å². The molecule has 0 aromatic heterocycles. The fraction of sp³-hybridized carbons (Fsp3) is 0.500. The van der Waals surface area contributed by atoms with Crippen LogP contribution in [0.3, 0.4) is 0 Å². The van der Waals surface area contributed by atoms with Crippen molar-refractivity contribution in [1.82, 2.24) is 4.83 Å².